The predicted molar refractivity (Wildman–Crippen MR) is 126 cm³/mol. The number of fused-ring (bicyclic) bond motifs is 2. The molecule has 3 aromatic rings. The lowest BCUT2D eigenvalue weighted by atomic mass is 9.96. The van der Waals surface area contributed by atoms with E-state index in [1.807, 2.05) is 25.1 Å². The van der Waals surface area contributed by atoms with Crippen molar-refractivity contribution in [3.63, 3.8) is 0 Å². The van der Waals surface area contributed by atoms with Gasteiger partial charge in [-0.2, -0.15) is 0 Å². The number of H-pyrrole nitrogens is 1. The first kappa shape index (κ1) is 21.0. The predicted octanol–water partition coefficient (Wildman–Crippen LogP) is 4.23. The van der Waals surface area contributed by atoms with Gasteiger partial charge >= 0.3 is 0 Å². The van der Waals surface area contributed by atoms with Gasteiger partial charge in [-0.1, -0.05) is 24.3 Å². The van der Waals surface area contributed by atoms with Crippen molar-refractivity contribution in [3.05, 3.63) is 58.9 Å². The van der Waals surface area contributed by atoms with E-state index >= 15 is 0 Å². The Balaban J connectivity index is 1.12. The Hall–Kier alpha value is -2.86. The third kappa shape index (κ3) is 4.37. The molecule has 2 aliphatic heterocycles. The molecular formula is C26H32N4O2. The van der Waals surface area contributed by atoms with E-state index in [2.05, 4.69) is 52.2 Å². The fourth-order valence-corrected chi connectivity index (χ4v) is 4.95. The fraction of sp³-hybridized carbons (Fsp3) is 0.462. The first-order chi connectivity index (χ1) is 15.4. The number of hydrogen-bond donors (Lipinski definition) is 2. The summed E-state index contributed by atoms with van der Waals surface area (Å²) in [5.41, 5.74) is 5.39. The van der Waals surface area contributed by atoms with Crippen LogP contribution in [-0.2, 0) is 13.0 Å². The molecule has 1 amide bonds. The lowest BCUT2D eigenvalue weighted by Crippen LogP contribution is -2.38. The Bertz CT molecular complexity index is 1140. The first-order valence-corrected chi connectivity index (χ1v) is 11.6. The van der Waals surface area contributed by atoms with E-state index in [9.17, 15) is 4.79 Å². The van der Waals surface area contributed by atoms with Gasteiger partial charge < -0.3 is 15.0 Å². The van der Waals surface area contributed by atoms with Gasteiger partial charge in [-0.05, 0) is 75.9 Å². The van der Waals surface area contributed by atoms with Crippen LogP contribution in [0.3, 0.4) is 0 Å². The maximum atomic E-state index is 12.6. The Kier molecular flexibility index (Phi) is 5.41. The highest BCUT2D eigenvalue weighted by Crippen LogP contribution is 2.38. The molecule has 2 aliphatic rings. The number of amides is 1. The first-order valence-electron chi connectivity index (χ1n) is 11.6. The number of likely N-dealkylation sites (tertiary alicyclic amines) is 1. The van der Waals surface area contributed by atoms with Crippen molar-refractivity contribution >= 4 is 16.9 Å². The molecule has 5 rings (SSSR count). The topological polar surface area (TPSA) is 70.2 Å². The van der Waals surface area contributed by atoms with Crippen molar-refractivity contribution in [1.29, 1.82) is 0 Å². The number of aryl methyl sites for hydroxylation is 1. The smallest absolute Gasteiger partial charge is 0.287 e. The summed E-state index contributed by atoms with van der Waals surface area (Å²) in [6.45, 7) is 10.0. The molecule has 6 nitrogen and oxygen atoms in total. The summed E-state index contributed by atoms with van der Waals surface area (Å²) in [5, 5.41) is 3.08. The van der Waals surface area contributed by atoms with Crippen molar-refractivity contribution in [2.75, 3.05) is 19.6 Å². The van der Waals surface area contributed by atoms with Crippen LogP contribution < -0.4 is 10.1 Å². The Labute approximate surface area is 189 Å². The molecule has 3 heterocycles. The zero-order chi connectivity index (χ0) is 22.3. The fourth-order valence-electron chi connectivity index (χ4n) is 4.95. The van der Waals surface area contributed by atoms with Gasteiger partial charge in [0, 0.05) is 25.1 Å². The normalized spacial score (nSPS) is 18.5. The van der Waals surface area contributed by atoms with E-state index in [0.717, 1.165) is 61.2 Å². The standard InChI is InChI=1S/C26H32N4O2/c1-17-7-8-21-22(13-17)29-24(28-21)25(31)27-15-18-9-11-30(12-10-18)16-20-6-4-5-19-14-26(2,3)32-23(19)20/h4-8,13,18H,9-12,14-16H2,1-3H3,(H,27,31)(H,28,29). The molecule has 2 N–H and O–H groups in total. The van der Waals surface area contributed by atoms with Gasteiger partial charge in [0.05, 0.1) is 11.0 Å². The quantitative estimate of drug-likeness (QED) is 0.633. The number of aromatic nitrogens is 2. The molecule has 1 fully saturated rings. The Morgan fingerprint density at radius 1 is 1.25 bits per heavy atom. The summed E-state index contributed by atoms with van der Waals surface area (Å²) in [6, 6.07) is 12.5. The average molecular weight is 433 g/mol. The van der Waals surface area contributed by atoms with Crippen LogP contribution in [-0.4, -0.2) is 46.0 Å². The van der Waals surface area contributed by atoms with Crippen molar-refractivity contribution < 1.29 is 9.53 Å². The number of aromatic amines is 1. The minimum Gasteiger partial charge on any atom is -0.487 e. The molecule has 0 bridgehead atoms. The number of piperidine rings is 1. The number of carbonyl (C=O) groups is 1. The lowest BCUT2D eigenvalue weighted by Gasteiger charge is -2.32. The van der Waals surface area contributed by atoms with Crippen LogP contribution in [0.5, 0.6) is 5.75 Å². The largest absolute Gasteiger partial charge is 0.487 e. The molecule has 6 heteroatoms. The Morgan fingerprint density at radius 3 is 2.88 bits per heavy atom. The third-order valence-corrected chi connectivity index (χ3v) is 6.68. The number of nitrogens with zero attached hydrogens (tertiary/aromatic N) is 2. The van der Waals surface area contributed by atoms with Crippen molar-refractivity contribution in [1.82, 2.24) is 20.2 Å². The van der Waals surface area contributed by atoms with Crippen molar-refractivity contribution in [2.24, 2.45) is 5.92 Å². The molecule has 0 radical (unpaired) electrons. The van der Waals surface area contributed by atoms with Gasteiger partial charge in [-0.25, -0.2) is 4.98 Å². The molecule has 0 spiro atoms. The molecule has 0 atom stereocenters. The Morgan fingerprint density at radius 2 is 2.06 bits per heavy atom. The van der Waals surface area contributed by atoms with Crippen LogP contribution >= 0.6 is 0 Å². The summed E-state index contributed by atoms with van der Waals surface area (Å²) in [5.74, 6) is 1.86. The number of hydrogen-bond acceptors (Lipinski definition) is 4. The molecule has 1 aromatic heterocycles. The van der Waals surface area contributed by atoms with Crippen LogP contribution in [0, 0.1) is 12.8 Å². The SMILES string of the molecule is Cc1ccc2nc(C(=O)NCC3CCN(Cc4cccc5c4OC(C)(C)C5)CC3)[nH]c2c1. The van der Waals surface area contributed by atoms with Crippen LogP contribution in [0.4, 0.5) is 0 Å². The number of ether oxygens (including phenoxy) is 1. The molecule has 1 saturated heterocycles. The number of carbonyl (C=O) groups excluding carboxylic acids is 1. The highest BCUT2D eigenvalue weighted by Gasteiger charge is 2.32. The summed E-state index contributed by atoms with van der Waals surface area (Å²) in [4.78, 5) is 22.7. The number of nitrogens with one attached hydrogen (secondary N) is 2. The summed E-state index contributed by atoms with van der Waals surface area (Å²) in [7, 11) is 0. The van der Waals surface area contributed by atoms with Crippen LogP contribution in [0.2, 0.25) is 0 Å². The van der Waals surface area contributed by atoms with Crippen LogP contribution in [0.25, 0.3) is 11.0 Å². The molecule has 0 aliphatic carbocycles. The van der Waals surface area contributed by atoms with Gasteiger partial charge in [0.1, 0.15) is 11.4 Å². The average Bonchev–Trinajstić information content (AvgIpc) is 3.32. The van der Waals surface area contributed by atoms with E-state index in [-0.39, 0.29) is 11.5 Å². The number of rotatable bonds is 5. The maximum absolute atomic E-state index is 12.6. The second-order valence-corrected chi connectivity index (χ2v) is 9.98. The second-order valence-electron chi connectivity index (χ2n) is 9.98. The number of imidazole rings is 1. The van der Waals surface area contributed by atoms with Gasteiger partial charge in [0.25, 0.3) is 5.91 Å². The molecular weight excluding hydrogens is 400 g/mol. The van der Waals surface area contributed by atoms with E-state index < -0.39 is 0 Å². The minimum atomic E-state index is -0.124. The summed E-state index contributed by atoms with van der Waals surface area (Å²) < 4.78 is 6.24. The highest BCUT2D eigenvalue weighted by molar-refractivity contribution is 5.94. The van der Waals surface area contributed by atoms with Crippen LogP contribution in [0.15, 0.2) is 36.4 Å². The van der Waals surface area contributed by atoms with Crippen molar-refractivity contribution in [2.45, 2.75) is 52.2 Å². The van der Waals surface area contributed by atoms with Crippen molar-refractivity contribution in [3.8, 4) is 5.75 Å². The monoisotopic (exact) mass is 432 g/mol. The van der Waals surface area contributed by atoms with E-state index in [1.165, 1.54) is 11.1 Å². The maximum Gasteiger partial charge on any atom is 0.287 e. The highest BCUT2D eigenvalue weighted by atomic mass is 16.5. The molecule has 2 aromatic carbocycles. The molecule has 168 valence electrons. The van der Waals surface area contributed by atoms with E-state index in [0.29, 0.717) is 18.3 Å². The second kappa shape index (κ2) is 8.24. The molecule has 0 saturated carbocycles. The summed E-state index contributed by atoms with van der Waals surface area (Å²) in [6.07, 6.45) is 3.14. The van der Waals surface area contributed by atoms with E-state index in [4.69, 9.17) is 4.74 Å². The van der Waals surface area contributed by atoms with Crippen LogP contribution in [0.1, 0.15) is 54.0 Å². The molecule has 32 heavy (non-hydrogen) atoms. The van der Waals surface area contributed by atoms with Gasteiger partial charge in [0.2, 0.25) is 0 Å². The number of para-hydroxylation sites is 1. The lowest BCUT2D eigenvalue weighted by molar-refractivity contribution is 0.0925. The van der Waals surface area contributed by atoms with E-state index in [1.54, 1.807) is 0 Å². The van der Waals surface area contributed by atoms with Gasteiger partial charge in [-0.15, -0.1) is 0 Å². The zero-order valence-electron chi connectivity index (χ0n) is 19.2. The van der Waals surface area contributed by atoms with Gasteiger partial charge in [0.15, 0.2) is 5.82 Å². The minimum absolute atomic E-state index is 0.109. The molecule has 0 unspecified atom stereocenters. The third-order valence-electron chi connectivity index (χ3n) is 6.68. The zero-order valence-corrected chi connectivity index (χ0v) is 19.2. The summed E-state index contributed by atoms with van der Waals surface area (Å²) >= 11 is 0. The van der Waals surface area contributed by atoms with Gasteiger partial charge in [-0.3, -0.25) is 9.69 Å². The number of benzene rings is 2.